The summed E-state index contributed by atoms with van der Waals surface area (Å²) in [5, 5.41) is 3.13. The highest BCUT2D eigenvalue weighted by Crippen LogP contribution is 2.24. The maximum absolute atomic E-state index is 12.3. The molecule has 0 aliphatic carbocycles. The van der Waals surface area contributed by atoms with Crippen molar-refractivity contribution in [3.05, 3.63) is 17.0 Å². The van der Waals surface area contributed by atoms with Gasteiger partial charge in [-0.2, -0.15) is 4.31 Å². The number of hydrogen-bond donors (Lipinski definition) is 1. The first-order valence-corrected chi connectivity index (χ1v) is 10.4. The average Bonchev–Trinajstić information content (AvgIpc) is 2.81. The summed E-state index contributed by atoms with van der Waals surface area (Å²) < 4.78 is 48.0. The van der Waals surface area contributed by atoms with Crippen molar-refractivity contribution in [1.29, 1.82) is 0 Å². The highest BCUT2D eigenvalue weighted by atomic mass is 32.2. The molecule has 0 unspecified atom stereocenters. The molecule has 0 atom stereocenters. The molecule has 116 valence electrons. The van der Waals surface area contributed by atoms with Crippen molar-refractivity contribution in [1.82, 2.24) is 9.62 Å². The van der Waals surface area contributed by atoms with Crippen LogP contribution in [0.25, 0.3) is 0 Å². The van der Waals surface area contributed by atoms with Crippen LogP contribution in [-0.4, -0.2) is 53.3 Å². The van der Waals surface area contributed by atoms with E-state index in [0.717, 1.165) is 22.0 Å². The summed E-state index contributed by atoms with van der Waals surface area (Å²) in [6.45, 7) is 3.38. The molecule has 0 aromatic carbocycles. The summed E-state index contributed by atoms with van der Waals surface area (Å²) in [6.07, 6.45) is 1.09. The zero-order valence-corrected chi connectivity index (χ0v) is 14.2. The molecule has 1 aromatic heterocycles. The largest absolute Gasteiger partial charge is 0.312 e. The highest BCUT2D eigenvalue weighted by molar-refractivity contribution is 7.91. The van der Waals surface area contributed by atoms with E-state index in [1.54, 1.807) is 12.1 Å². The lowest BCUT2D eigenvalue weighted by atomic mass is 10.4. The van der Waals surface area contributed by atoms with Gasteiger partial charge in [0.05, 0.1) is 5.75 Å². The summed E-state index contributed by atoms with van der Waals surface area (Å²) in [4.78, 5) is 0.932. The second-order valence-corrected chi connectivity index (χ2v) is 10.2. The number of rotatable bonds is 8. The van der Waals surface area contributed by atoms with Gasteiger partial charge in [0.2, 0.25) is 0 Å². The number of nitrogens with one attached hydrogen (secondary N) is 1. The zero-order valence-electron chi connectivity index (χ0n) is 11.8. The first kappa shape index (κ1) is 17.6. The molecule has 0 radical (unpaired) electrons. The predicted molar refractivity (Wildman–Crippen MR) is 81.2 cm³/mol. The minimum absolute atomic E-state index is 0.0401. The van der Waals surface area contributed by atoms with Crippen molar-refractivity contribution in [2.75, 3.05) is 32.1 Å². The fourth-order valence-corrected chi connectivity index (χ4v) is 4.84. The van der Waals surface area contributed by atoms with E-state index in [0.29, 0.717) is 6.54 Å². The summed E-state index contributed by atoms with van der Waals surface area (Å²) >= 11 is 1.20. The normalized spacial score (nSPS) is 13.0. The average molecular weight is 340 g/mol. The van der Waals surface area contributed by atoms with E-state index in [9.17, 15) is 16.8 Å². The Morgan fingerprint density at radius 2 is 1.90 bits per heavy atom. The SMILES string of the molecule is CCNCc1ccc(S(=O)(=O)N(C)CCS(C)(=O)=O)s1. The van der Waals surface area contributed by atoms with Crippen LogP contribution in [0.4, 0.5) is 0 Å². The van der Waals surface area contributed by atoms with Crippen LogP contribution in [0.5, 0.6) is 0 Å². The minimum Gasteiger partial charge on any atom is -0.312 e. The van der Waals surface area contributed by atoms with Crippen molar-refractivity contribution >= 4 is 31.2 Å². The minimum atomic E-state index is -3.61. The van der Waals surface area contributed by atoms with E-state index in [2.05, 4.69) is 5.32 Å². The Balaban J connectivity index is 2.79. The molecular formula is C11H20N2O4S3. The molecule has 20 heavy (non-hydrogen) atoms. The predicted octanol–water partition coefficient (Wildman–Crippen LogP) is 0.523. The first-order chi connectivity index (χ1) is 9.16. The smallest absolute Gasteiger partial charge is 0.252 e. The molecule has 9 heteroatoms. The molecule has 0 saturated heterocycles. The van der Waals surface area contributed by atoms with Gasteiger partial charge in [-0.15, -0.1) is 11.3 Å². The molecule has 1 rings (SSSR count). The van der Waals surface area contributed by atoms with Gasteiger partial charge in [-0.25, -0.2) is 16.8 Å². The Kier molecular flexibility index (Phi) is 6.14. The molecule has 0 bridgehead atoms. The fourth-order valence-electron chi connectivity index (χ4n) is 1.41. The van der Waals surface area contributed by atoms with Crippen LogP contribution in [0, 0.1) is 0 Å². The number of hydrogen-bond acceptors (Lipinski definition) is 6. The van der Waals surface area contributed by atoms with Crippen LogP contribution in [0.2, 0.25) is 0 Å². The monoisotopic (exact) mass is 340 g/mol. The first-order valence-electron chi connectivity index (χ1n) is 6.10. The van der Waals surface area contributed by atoms with E-state index in [-0.39, 0.29) is 16.5 Å². The molecule has 0 fully saturated rings. The van der Waals surface area contributed by atoms with Gasteiger partial charge in [0.15, 0.2) is 0 Å². The zero-order chi connectivity index (χ0) is 15.4. The quantitative estimate of drug-likeness (QED) is 0.746. The van der Waals surface area contributed by atoms with Crippen LogP contribution in [0.3, 0.4) is 0 Å². The molecule has 0 aliphatic rings. The Morgan fingerprint density at radius 3 is 2.45 bits per heavy atom. The molecule has 0 spiro atoms. The van der Waals surface area contributed by atoms with Crippen molar-refractivity contribution < 1.29 is 16.8 Å². The Bertz CT molecular complexity index is 634. The Morgan fingerprint density at radius 1 is 1.25 bits per heavy atom. The van der Waals surface area contributed by atoms with Crippen molar-refractivity contribution in [2.24, 2.45) is 0 Å². The van der Waals surface area contributed by atoms with Gasteiger partial charge in [0.1, 0.15) is 14.0 Å². The molecule has 0 aliphatic heterocycles. The lowest BCUT2D eigenvalue weighted by Crippen LogP contribution is -2.31. The summed E-state index contributed by atoms with van der Waals surface area (Å²) in [7, 11) is -5.39. The van der Waals surface area contributed by atoms with Gasteiger partial charge in [0.25, 0.3) is 10.0 Å². The highest BCUT2D eigenvalue weighted by Gasteiger charge is 2.23. The van der Waals surface area contributed by atoms with Crippen LogP contribution in [-0.2, 0) is 26.4 Å². The third-order valence-corrected chi connectivity index (χ3v) is 6.96. The molecule has 6 nitrogen and oxygen atoms in total. The van der Waals surface area contributed by atoms with Crippen molar-refractivity contribution in [3.8, 4) is 0 Å². The van der Waals surface area contributed by atoms with E-state index >= 15 is 0 Å². The molecule has 1 aromatic rings. The van der Waals surface area contributed by atoms with Crippen molar-refractivity contribution in [3.63, 3.8) is 0 Å². The number of nitrogens with zero attached hydrogens (tertiary/aromatic N) is 1. The molecule has 0 saturated carbocycles. The van der Waals surface area contributed by atoms with E-state index in [1.807, 2.05) is 6.92 Å². The Hall–Kier alpha value is -0.480. The van der Waals surface area contributed by atoms with Crippen LogP contribution in [0.1, 0.15) is 11.8 Å². The van der Waals surface area contributed by atoms with Gasteiger partial charge in [-0.05, 0) is 18.7 Å². The van der Waals surface area contributed by atoms with E-state index in [4.69, 9.17) is 0 Å². The van der Waals surface area contributed by atoms with E-state index in [1.165, 1.54) is 18.4 Å². The van der Waals surface area contributed by atoms with Gasteiger partial charge >= 0.3 is 0 Å². The maximum atomic E-state index is 12.3. The standard InChI is InChI=1S/C11H20N2O4S3/c1-4-12-9-10-5-6-11(18-10)20(16,17)13(2)7-8-19(3,14)15/h5-6,12H,4,7-9H2,1-3H3. The van der Waals surface area contributed by atoms with Crippen LogP contribution < -0.4 is 5.32 Å². The lowest BCUT2D eigenvalue weighted by Gasteiger charge is -2.15. The maximum Gasteiger partial charge on any atom is 0.252 e. The van der Waals surface area contributed by atoms with Gasteiger partial charge < -0.3 is 5.32 Å². The summed E-state index contributed by atoms with van der Waals surface area (Å²) in [5.74, 6) is -0.182. The van der Waals surface area contributed by atoms with Gasteiger partial charge in [-0.1, -0.05) is 6.92 Å². The van der Waals surface area contributed by atoms with Gasteiger partial charge in [0, 0.05) is 31.3 Å². The number of sulfone groups is 1. The molecule has 1 heterocycles. The second kappa shape index (κ2) is 6.99. The van der Waals surface area contributed by atoms with Crippen molar-refractivity contribution in [2.45, 2.75) is 17.7 Å². The van der Waals surface area contributed by atoms with Crippen LogP contribution in [0.15, 0.2) is 16.3 Å². The van der Waals surface area contributed by atoms with Gasteiger partial charge in [-0.3, -0.25) is 0 Å². The third kappa shape index (κ3) is 5.13. The third-order valence-electron chi connectivity index (χ3n) is 2.63. The van der Waals surface area contributed by atoms with Crippen LogP contribution >= 0.6 is 11.3 Å². The number of sulfonamides is 1. The molecule has 1 N–H and O–H groups in total. The summed E-state index contributed by atoms with van der Waals surface area (Å²) in [6, 6.07) is 3.33. The lowest BCUT2D eigenvalue weighted by molar-refractivity contribution is 0.486. The summed E-state index contributed by atoms with van der Waals surface area (Å²) in [5.41, 5.74) is 0. The second-order valence-electron chi connectivity index (χ2n) is 4.46. The molecule has 0 amide bonds. The topological polar surface area (TPSA) is 83.6 Å². The number of thiophene rings is 1. The molecular weight excluding hydrogens is 320 g/mol. The van der Waals surface area contributed by atoms with E-state index < -0.39 is 19.9 Å². The fraction of sp³-hybridized carbons (Fsp3) is 0.636. The Labute approximate surface area is 124 Å².